The lowest BCUT2D eigenvalue weighted by atomic mass is 9.93. The van der Waals surface area contributed by atoms with E-state index in [4.69, 9.17) is 14.5 Å². The molecule has 2 aromatic carbocycles. The molecule has 0 bridgehead atoms. The van der Waals surface area contributed by atoms with Crippen molar-refractivity contribution < 1.29 is 14.3 Å². The number of anilines is 1. The Bertz CT molecular complexity index is 1110. The minimum Gasteiger partial charge on any atom is -0.493 e. The van der Waals surface area contributed by atoms with Crippen molar-refractivity contribution in [3.63, 3.8) is 0 Å². The van der Waals surface area contributed by atoms with Crippen LogP contribution in [0.25, 0.3) is 10.9 Å². The average molecular weight is 403 g/mol. The van der Waals surface area contributed by atoms with Gasteiger partial charge in [-0.3, -0.25) is 9.78 Å². The van der Waals surface area contributed by atoms with Crippen LogP contribution in [0.4, 0.5) is 5.69 Å². The standard InChI is InChI=1S/C24H25N3O3/c1-27(2)23-18-8-5-7-16(15-13-29-14-15)22(18)25-12-19(23)24(28)26-20-10-11-30-21-9-4-3-6-17(20)21/h3-9,12,15,20H,10-11,13-14H2,1-2H3,(H,26,28)/t20-/m0/s1. The van der Waals surface area contributed by atoms with Crippen molar-refractivity contribution in [1.82, 2.24) is 10.3 Å². The minimum atomic E-state index is -0.118. The Hall–Kier alpha value is -3.12. The first kappa shape index (κ1) is 18.9. The summed E-state index contributed by atoms with van der Waals surface area (Å²) in [6, 6.07) is 14.0. The third-order valence-electron chi connectivity index (χ3n) is 5.93. The lowest BCUT2D eigenvalue weighted by Gasteiger charge is -2.29. The number of carbonyl (C=O) groups excluding carboxylic acids is 1. The maximum Gasteiger partial charge on any atom is 0.255 e. The Labute approximate surface area is 175 Å². The highest BCUT2D eigenvalue weighted by molar-refractivity contribution is 6.08. The van der Waals surface area contributed by atoms with Gasteiger partial charge >= 0.3 is 0 Å². The molecule has 30 heavy (non-hydrogen) atoms. The molecule has 1 N–H and O–H groups in total. The van der Waals surface area contributed by atoms with Crippen LogP contribution in [0.15, 0.2) is 48.7 Å². The molecule has 3 aromatic rings. The molecule has 0 spiro atoms. The summed E-state index contributed by atoms with van der Waals surface area (Å²) in [5.74, 6) is 1.09. The van der Waals surface area contributed by atoms with E-state index in [2.05, 4.69) is 11.4 Å². The molecule has 2 aliphatic heterocycles. The van der Waals surface area contributed by atoms with Crippen LogP contribution in [-0.2, 0) is 4.74 Å². The van der Waals surface area contributed by atoms with Gasteiger partial charge in [0.05, 0.1) is 42.6 Å². The Morgan fingerprint density at radius 1 is 1.10 bits per heavy atom. The van der Waals surface area contributed by atoms with E-state index in [1.165, 1.54) is 5.56 Å². The van der Waals surface area contributed by atoms with E-state index < -0.39 is 0 Å². The van der Waals surface area contributed by atoms with Crippen LogP contribution >= 0.6 is 0 Å². The van der Waals surface area contributed by atoms with Crippen molar-refractivity contribution in [3.8, 4) is 5.75 Å². The summed E-state index contributed by atoms with van der Waals surface area (Å²) < 4.78 is 11.1. The summed E-state index contributed by atoms with van der Waals surface area (Å²) in [5.41, 5.74) is 4.62. The van der Waals surface area contributed by atoms with Crippen LogP contribution < -0.4 is 15.0 Å². The second-order valence-electron chi connectivity index (χ2n) is 8.09. The van der Waals surface area contributed by atoms with Crippen LogP contribution in [0.1, 0.15) is 39.9 Å². The summed E-state index contributed by atoms with van der Waals surface area (Å²) >= 11 is 0. The smallest absolute Gasteiger partial charge is 0.255 e. The molecule has 0 saturated carbocycles. The fraction of sp³-hybridized carbons (Fsp3) is 0.333. The molecular weight excluding hydrogens is 378 g/mol. The first-order valence-electron chi connectivity index (χ1n) is 10.3. The number of pyridine rings is 1. The molecule has 154 valence electrons. The zero-order valence-electron chi connectivity index (χ0n) is 17.2. The summed E-state index contributed by atoms with van der Waals surface area (Å²) in [4.78, 5) is 20.1. The number of nitrogens with zero attached hydrogens (tertiary/aromatic N) is 2. The fourth-order valence-corrected chi connectivity index (χ4v) is 4.35. The molecule has 1 amide bonds. The topological polar surface area (TPSA) is 63.7 Å². The molecule has 3 heterocycles. The van der Waals surface area contributed by atoms with E-state index in [-0.39, 0.29) is 11.9 Å². The molecule has 6 heteroatoms. The van der Waals surface area contributed by atoms with Crippen LogP contribution in [0.5, 0.6) is 5.75 Å². The predicted molar refractivity (Wildman–Crippen MR) is 116 cm³/mol. The number of carbonyl (C=O) groups is 1. The third-order valence-corrected chi connectivity index (χ3v) is 5.93. The summed E-state index contributed by atoms with van der Waals surface area (Å²) in [6.07, 6.45) is 2.45. The number of amides is 1. The van der Waals surface area contributed by atoms with Gasteiger partial charge in [0.25, 0.3) is 5.91 Å². The van der Waals surface area contributed by atoms with Crippen LogP contribution in [0.2, 0.25) is 0 Å². The van der Waals surface area contributed by atoms with Gasteiger partial charge in [-0.1, -0.05) is 36.4 Å². The predicted octanol–water partition coefficient (Wildman–Crippen LogP) is 3.67. The third kappa shape index (κ3) is 3.17. The van der Waals surface area contributed by atoms with E-state index in [0.29, 0.717) is 18.1 Å². The molecule has 0 aliphatic carbocycles. The molecular formula is C24H25N3O3. The molecule has 6 nitrogen and oxygen atoms in total. The lowest BCUT2D eigenvalue weighted by molar-refractivity contribution is 0.00893. The van der Waals surface area contributed by atoms with E-state index >= 15 is 0 Å². The molecule has 1 aromatic heterocycles. The number of ether oxygens (including phenoxy) is 2. The van der Waals surface area contributed by atoms with Crippen molar-refractivity contribution in [2.24, 2.45) is 0 Å². The molecule has 2 aliphatic rings. The van der Waals surface area contributed by atoms with Crippen LogP contribution in [0.3, 0.4) is 0 Å². The first-order chi connectivity index (χ1) is 14.6. The Morgan fingerprint density at radius 2 is 1.90 bits per heavy atom. The Kier molecular flexibility index (Phi) is 4.79. The fourth-order valence-electron chi connectivity index (χ4n) is 4.35. The SMILES string of the molecule is CN(C)c1c(C(=O)N[C@H]2CCOc3ccccc32)cnc2c(C3COC3)cccc12. The number of hydrogen-bond acceptors (Lipinski definition) is 5. The monoisotopic (exact) mass is 403 g/mol. The van der Waals surface area contributed by atoms with Gasteiger partial charge in [0.2, 0.25) is 0 Å². The van der Waals surface area contributed by atoms with Gasteiger partial charge in [0.15, 0.2) is 0 Å². The normalized spacial score (nSPS) is 18.3. The molecule has 5 rings (SSSR count). The Balaban J connectivity index is 1.53. The average Bonchev–Trinajstić information content (AvgIpc) is 2.72. The van der Waals surface area contributed by atoms with Gasteiger partial charge in [0.1, 0.15) is 5.75 Å². The molecule has 1 fully saturated rings. The molecule has 1 atom stereocenters. The van der Waals surface area contributed by atoms with E-state index in [9.17, 15) is 4.79 Å². The van der Waals surface area contributed by atoms with E-state index in [1.807, 2.05) is 55.4 Å². The zero-order chi connectivity index (χ0) is 20.7. The van der Waals surface area contributed by atoms with Crippen molar-refractivity contribution >= 4 is 22.5 Å². The minimum absolute atomic E-state index is 0.0772. The van der Waals surface area contributed by atoms with Crippen molar-refractivity contribution in [2.45, 2.75) is 18.4 Å². The summed E-state index contributed by atoms with van der Waals surface area (Å²) in [7, 11) is 3.93. The van der Waals surface area contributed by atoms with Crippen molar-refractivity contribution in [1.29, 1.82) is 0 Å². The highest BCUT2D eigenvalue weighted by atomic mass is 16.5. The van der Waals surface area contributed by atoms with Crippen molar-refractivity contribution in [2.75, 3.05) is 38.8 Å². The number of nitrogens with one attached hydrogen (secondary N) is 1. The summed E-state index contributed by atoms with van der Waals surface area (Å²) in [6.45, 7) is 2.04. The number of benzene rings is 2. The molecule has 0 radical (unpaired) electrons. The highest BCUT2D eigenvalue weighted by Gasteiger charge is 2.27. The second-order valence-corrected chi connectivity index (χ2v) is 8.09. The lowest BCUT2D eigenvalue weighted by Crippen LogP contribution is -2.33. The quantitative estimate of drug-likeness (QED) is 0.720. The van der Waals surface area contributed by atoms with Gasteiger partial charge < -0.3 is 19.7 Å². The highest BCUT2D eigenvalue weighted by Crippen LogP contribution is 2.36. The number of rotatable bonds is 4. The zero-order valence-corrected chi connectivity index (χ0v) is 17.2. The number of hydrogen-bond donors (Lipinski definition) is 1. The number of para-hydroxylation sites is 2. The van der Waals surface area contributed by atoms with Gasteiger partial charge in [-0.2, -0.15) is 0 Å². The van der Waals surface area contributed by atoms with Crippen LogP contribution in [-0.4, -0.2) is 44.8 Å². The number of aromatic nitrogens is 1. The number of fused-ring (bicyclic) bond motifs is 2. The van der Waals surface area contributed by atoms with Gasteiger partial charge in [-0.15, -0.1) is 0 Å². The molecule has 0 unspecified atom stereocenters. The summed E-state index contributed by atoms with van der Waals surface area (Å²) in [5, 5.41) is 4.20. The van der Waals surface area contributed by atoms with E-state index in [1.54, 1.807) is 6.20 Å². The first-order valence-corrected chi connectivity index (χ1v) is 10.3. The van der Waals surface area contributed by atoms with Gasteiger partial charge in [-0.05, 0) is 11.6 Å². The van der Waals surface area contributed by atoms with Crippen LogP contribution in [0, 0.1) is 0 Å². The Morgan fingerprint density at radius 3 is 2.67 bits per heavy atom. The maximum absolute atomic E-state index is 13.3. The largest absolute Gasteiger partial charge is 0.493 e. The maximum atomic E-state index is 13.3. The van der Waals surface area contributed by atoms with Gasteiger partial charge in [0, 0.05) is 43.6 Å². The van der Waals surface area contributed by atoms with Crippen molar-refractivity contribution in [3.05, 3.63) is 65.4 Å². The molecule has 1 saturated heterocycles. The second kappa shape index (κ2) is 7.61. The van der Waals surface area contributed by atoms with E-state index in [0.717, 1.165) is 47.5 Å². The van der Waals surface area contributed by atoms with Gasteiger partial charge in [-0.25, -0.2) is 0 Å².